The van der Waals surface area contributed by atoms with E-state index in [1.807, 2.05) is 72.5 Å². The fourth-order valence-electron chi connectivity index (χ4n) is 6.32. The molecule has 3 aromatic carbocycles. The third kappa shape index (κ3) is 8.92. The lowest BCUT2D eigenvalue weighted by Crippen LogP contribution is -2.48. The maximum Gasteiger partial charge on any atom is 0.324 e. The number of halogens is 1. The van der Waals surface area contributed by atoms with Crippen LogP contribution in [0.1, 0.15) is 53.5 Å². The number of rotatable bonds is 8. The van der Waals surface area contributed by atoms with Crippen molar-refractivity contribution in [2.45, 2.75) is 46.2 Å². The monoisotopic (exact) mass is 696 g/mol. The highest BCUT2D eigenvalue weighted by atomic mass is 35.5. The van der Waals surface area contributed by atoms with Gasteiger partial charge in [-0.3, -0.25) is 19.9 Å². The molecule has 264 valence electrons. The van der Waals surface area contributed by atoms with Crippen LogP contribution in [0, 0.1) is 6.92 Å². The van der Waals surface area contributed by atoms with Crippen LogP contribution in [-0.2, 0) is 18.5 Å². The van der Waals surface area contributed by atoms with Gasteiger partial charge in [0, 0.05) is 82.5 Å². The number of hydrogen-bond donors (Lipinski definition) is 2. The Hall–Kier alpha value is -4.22. The number of anilines is 2. The number of hydrogen-bond acceptors (Lipinski definition) is 6. The van der Waals surface area contributed by atoms with E-state index in [-0.39, 0.29) is 11.3 Å². The Kier molecular flexibility index (Phi) is 10.9. The molecule has 2 saturated heterocycles. The summed E-state index contributed by atoms with van der Waals surface area (Å²) in [5.41, 5.74) is 6.21. The summed E-state index contributed by atoms with van der Waals surface area (Å²) in [5, 5.41) is 11.2. The van der Waals surface area contributed by atoms with E-state index < -0.39 is 6.03 Å². The number of likely N-dealkylation sites (N-methyl/N-ethyl adjacent to an activating group) is 1. The maximum atomic E-state index is 13.3. The first-order chi connectivity index (χ1) is 23.9. The van der Waals surface area contributed by atoms with Crippen molar-refractivity contribution in [1.82, 2.24) is 29.4 Å². The highest BCUT2D eigenvalue weighted by Crippen LogP contribution is 2.28. The number of urea groups is 1. The number of nitrogens with one attached hydrogen (secondary N) is 2. The number of piperazine rings is 2. The number of nitrogens with zero attached hydrogens (tertiary/aromatic N) is 6. The molecule has 2 N–H and O–H groups in total. The Morgan fingerprint density at radius 2 is 1.36 bits per heavy atom. The van der Waals surface area contributed by atoms with Gasteiger partial charge in [0.05, 0.1) is 22.1 Å². The quantitative estimate of drug-likeness (QED) is 0.219. The molecular weight excluding hydrogens is 648 g/mol. The highest BCUT2D eigenvalue weighted by Gasteiger charge is 2.24. The first-order valence-corrected chi connectivity index (χ1v) is 17.8. The fourth-order valence-corrected chi connectivity index (χ4v) is 6.49. The van der Waals surface area contributed by atoms with E-state index in [9.17, 15) is 9.59 Å². The summed E-state index contributed by atoms with van der Waals surface area (Å²) in [5.74, 6) is 0.649. The van der Waals surface area contributed by atoms with Gasteiger partial charge in [-0.15, -0.1) is 0 Å². The predicted octanol–water partition coefficient (Wildman–Crippen LogP) is 6.48. The number of carbonyl (C=O) groups excluding carboxylic acids is 2. The largest absolute Gasteiger partial charge is 0.336 e. The van der Waals surface area contributed by atoms with Gasteiger partial charge in [0.1, 0.15) is 5.82 Å². The van der Waals surface area contributed by atoms with E-state index in [0.29, 0.717) is 36.2 Å². The van der Waals surface area contributed by atoms with E-state index in [4.69, 9.17) is 16.7 Å². The fraction of sp³-hybridized carbons (Fsp3) is 0.410. The third-order valence-corrected chi connectivity index (χ3v) is 9.88. The van der Waals surface area contributed by atoms with E-state index in [0.717, 1.165) is 73.9 Å². The summed E-state index contributed by atoms with van der Waals surface area (Å²) >= 11 is 6.55. The van der Waals surface area contributed by atoms with Gasteiger partial charge in [-0.05, 0) is 61.5 Å². The van der Waals surface area contributed by atoms with Crippen molar-refractivity contribution in [3.63, 3.8) is 0 Å². The molecule has 1 aromatic heterocycles. The zero-order valence-electron chi connectivity index (χ0n) is 29.9. The number of aromatic nitrogens is 2. The molecule has 2 fully saturated rings. The molecule has 50 heavy (non-hydrogen) atoms. The van der Waals surface area contributed by atoms with Crippen LogP contribution in [0.5, 0.6) is 0 Å². The minimum atomic E-state index is -0.405. The molecule has 11 heteroatoms. The van der Waals surface area contributed by atoms with Crippen molar-refractivity contribution >= 4 is 35.0 Å². The minimum absolute atomic E-state index is 0.0816. The number of carbonyl (C=O) groups is 2. The second-order valence-corrected chi connectivity index (χ2v) is 15.1. The smallest absolute Gasteiger partial charge is 0.324 e. The van der Waals surface area contributed by atoms with Crippen molar-refractivity contribution in [1.29, 1.82) is 0 Å². The second kappa shape index (κ2) is 15.3. The lowest BCUT2D eigenvalue weighted by molar-refractivity contribution is 0.0628. The van der Waals surface area contributed by atoms with Gasteiger partial charge in [-0.2, -0.15) is 5.10 Å². The summed E-state index contributed by atoms with van der Waals surface area (Å²) in [6.07, 6.45) is 0. The SMILES string of the molecule is Cc1ccc(-n2nc(C(C)(C)C)cc2NC(=O)Nc2cc(CN3CCN(C(=O)c4ccc(CN5CCN(C)CC5)cc4)CC3)ccc2Cl)cc1. The van der Waals surface area contributed by atoms with Crippen molar-refractivity contribution in [2.75, 3.05) is 70.0 Å². The van der Waals surface area contributed by atoms with Crippen LogP contribution in [0.4, 0.5) is 16.3 Å². The molecule has 2 aliphatic heterocycles. The molecule has 0 spiro atoms. The Balaban J connectivity index is 1.03. The zero-order valence-corrected chi connectivity index (χ0v) is 30.6. The molecular formula is C39H49ClN8O2. The standard InChI is InChI=1S/C39H49ClN8O2/c1-28-6-13-32(14-7-28)48-36(25-35(43-48)39(2,3)4)42-38(50)41-34-24-30(10-15-33(34)40)27-46-20-22-47(23-21-46)37(49)31-11-8-29(9-12-31)26-45-18-16-44(5)17-19-45/h6-15,24-25H,16-23,26-27H2,1-5H3,(H2,41,42,50). The van der Waals surface area contributed by atoms with Crippen LogP contribution in [0.3, 0.4) is 0 Å². The van der Waals surface area contributed by atoms with Crippen molar-refractivity contribution in [3.05, 3.63) is 106 Å². The molecule has 0 radical (unpaired) electrons. The lowest BCUT2D eigenvalue weighted by Gasteiger charge is -2.35. The molecule has 6 rings (SSSR count). The van der Waals surface area contributed by atoms with Crippen molar-refractivity contribution in [3.8, 4) is 5.69 Å². The number of benzene rings is 3. The van der Waals surface area contributed by atoms with Gasteiger partial charge in [0.25, 0.3) is 5.91 Å². The Bertz CT molecular complexity index is 1780. The normalized spacial score (nSPS) is 16.4. The third-order valence-electron chi connectivity index (χ3n) is 9.55. The first kappa shape index (κ1) is 35.6. The average Bonchev–Trinajstić information content (AvgIpc) is 3.52. The zero-order chi connectivity index (χ0) is 35.4. The molecule has 0 unspecified atom stereocenters. The van der Waals surface area contributed by atoms with Gasteiger partial charge < -0.3 is 15.1 Å². The van der Waals surface area contributed by atoms with E-state index in [1.54, 1.807) is 4.68 Å². The molecule has 3 heterocycles. The van der Waals surface area contributed by atoms with Crippen molar-refractivity contribution < 1.29 is 9.59 Å². The van der Waals surface area contributed by atoms with Crippen LogP contribution < -0.4 is 10.6 Å². The molecule has 3 amide bonds. The van der Waals surface area contributed by atoms with Crippen LogP contribution in [-0.4, -0.2) is 101 Å². The van der Waals surface area contributed by atoms with Crippen molar-refractivity contribution in [2.24, 2.45) is 0 Å². The van der Waals surface area contributed by atoms with Crippen LogP contribution in [0.2, 0.25) is 5.02 Å². The van der Waals surface area contributed by atoms with Gasteiger partial charge in [0.2, 0.25) is 0 Å². The van der Waals surface area contributed by atoms with Gasteiger partial charge in [-0.1, -0.05) is 68.3 Å². The summed E-state index contributed by atoms with van der Waals surface area (Å²) in [7, 11) is 2.17. The highest BCUT2D eigenvalue weighted by molar-refractivity contribution is 6.33. The molecule has 0 atom stereocenters. The van der Waals surface area contributed by atoms with E-state index >= 15 is 0 Å². The molecule has 0 aliphatic carbocycles. The van der Waals surface area contributed by atoms with Crippen LogP contribution in [0.15, 0.2) is 72.8 Å². The van der Waals surface area contributed by atoms with Gasteiger partial charge in [-0.25, -0.2) is 9.48 Å². The molecule has 2 aliphatic rings. The Morgan fingerprint density at radius 3 is 2.00 bits per heavy atom. The topological polar surface area (TPSA) is 89.0 Å². The summed E-state index contributed by atoms with van der Waals surface area (Å²) in [6.45, 7) is 17.1. The van der Waals surface area contributed by atoms with E-state index in [1.165, 1.54) is 5.56 Å². The van der Waals surface area contributed by atoms with Gasteiger partial charge >= 0.3 is 6.03 Å². The number of aryl methyl sites for hydroxylation is 1. The lowest BCUT2D eigenvalue weighted by atomic mass is 9.92. The summed E-state index contributed by atoms with van der Waals surface area (Å²) in [6, 6.07) is 23.4. The average molecular weight is 697 g/mol. The molecule has 0 saturated carbocycles. The molecule has 0 bridgehead atoms. The second-order valence-electron chi connectivity index (χ2n) is 14.7. The molecule has 4 aromatic rings. The number of amides is 3. The van der Waals surface area contributed by atoms with Gasteiger partial charge in [0.15, 0.2) is 0 Å². The minimum Gasteiger partial charge on any atom is -0.336 e. The summed E-state index contributed by atoms with van der Waals surface area (Å²) in [4.78, 5) is 35.7. The Morgan fingerprint density at radius 1 is 0.760 bits per heavy atom. The Labute approximate surface area is 301 Å². The first-order valence-electron chi connectivity index (χ1n) is 17.5. The maximum absolute atomic E-state index is 13.3. The van der Waals surface area contributed by atoms with E-state index in [2.05, 4.69) is 65.3 Å². The predicted molar refractivity (Wildman–Crippen MR) is 201 cm³/mol. The van der Waals surface area contributed by atoms with Crippen LogP contribution >= 0.6 is 11.6 Å². The van der Waals surface area contributed by atoms with Crippen LogP contribution in [0.25, 0.3) is 5.69 Å². The summed E-state index contributed by atoms with van der Waals surface area (Å²) < 4.78 is 1.76. The molecule has 10 nitrogen and oxygen atoms in total.